The van der Waals surface area contributed by atoms with Gasteiger partial charge in [0.05, 0.1) is 20.3 Å². The Morgan fingerprint density at radius 3 is 2.27 bits per heavy atom. The number of carbonyl (C=O) groups is 3. The summed E-state index contributed by atoms with van der Waals surface area (Å²) in [5.74, 6) is -1.56. The van der Waals surface area contributed by atoms with Gasteiger partial charge in [-0.15, -0.1) is 0 Å². The van der Waals surface area contributed by atoms with Crippen molar-refractivity contribution in [3.8, 4) is 0 Å². The van der Waals surface area contributed by atoms with Crippen LogP contribution >= 0.6 is 0 Å². The van der Waals surface area contributed by atoms with Crippen molar-refractivity contribution in [1.29, 1.82) is 0 Å². The van der Waals surface area contributed by atoms with E-state index >= 15 is 0 Å². The van der Waals surface area contributed by atoms with Gasteiger partial charge in [0.2, 0.25) is 5.91 Å². The van der Waals surface area contributed by atoms with Gasteiger partial charge in [-0.3, -0.25) is 4.79 Å². The highest BCUT2D eigenvalue weighted by Crippen LogP contribution is 2.21. The molecule has 0 atom stereocenters. The van der Waals surface area contributed by atoms with Gasteiger partial charge in [-0.1, -0.05) is 0 Å². The molecule has 22 heavy (non-hydrogen) atoms. The van der Waals surface area contributed by atoms with E-state index in [1.807, 2.05) is 0 Å². The van der Waals surface area contributed by atoms with E-state index in [1.165, 1.54) is 21.1 Å². The van der Waals surface area contributed by atoms with Gasteiger partial charge >= 0.3 is 11.9 Å². The molecule has 0 aliphatic carbocycles. The number of amides is 1. The number of methoxy groups -OCH3 is 2. The third-order valence-corrected chi connectivity index (χ3v) is 2.68. The summed E-state index contributed by atoms with van der Waals surface area (Å²) in [5, 5.41) is 5.47. The second-order valence-electron chi connectivity index (χ2n) is 4.41. The van der Waals surface area contributed by atoms with Crippen molar-refractivity contribution in [1.82, 2.24) is 0 Å². The first kappa shape index (κ1) is 17.2. The van der Waals surface area contributed by atoms with Gasteiger partial charge in [-0.2, -0.15) is 0 Å². The SMILES string of the molecule is COC(=O)/C=C(/Nc1ccc(NC(C)=O)c(C)c1)C(=O)OC. The van der Waals surface area contributed by atoms with Crippen LogP contribution in [0.5, 0.6) is 0 Å². The summed E-state index contributed by atoms with van der Waals surface area (Å²) in [6.07, 6.45) is 1.00. The Hall–Kier alpha value is -2.83. The third kappa shape index (κ3) is 4.93. The molecular weight excluding hydrogens is 288 g/mol. The molecular formula is C15H18N2O5. The van der Waals surface area contributed by atoms with Crippen LogP contribution in [0.2, 0.25) is 0 Å². The van der Waals surface area contributed by atoms with Gasteiger partial charge in [0.25, 0.3) is 0 Å². The number of carbonyl (C=O) groups excluding carboxylic acids is 3. The average Bonchev–Trinajstić information content (AvgIpc) is 2.47. The smallest absolute Gasteiger partial charge is 0.354 e. The molecule has 0 radical (unpaired) electrons. The van der Waals surface area contributed by atoms with E-state index in [0.717, 1.165) is 11.6 Å². The summed E-state index contributed by atoms with van der Waals surface area (Å²) in [6, 6.07) is 5.07. The molecule has 1 aromatic rings. The molecule has 0 aliphatic heterocycles. The zero-order valence-corrected chi connectivity index (χ0v) is 12.9. The molecule has 2 N–H and O–H groups in total. The first-order valence-electron chi connectivity index (χ1n) is 6.40. The van der Waals surface area contributed by atoms with E-state index in [9.17, 15) is 14.4 Å². The zero-order valence-electron chi connectivity index (χ0n) is 12.9. The molecule has 7 heteroatoms. The van der Waals surface area contributed by atoms with Crippen molar-refractivity contribution in [2.24, 2.45) is 0 Å². The minimum atomic E-state index is -0.700. The molecule has 0 saturated carbocycles. The van der Waals surface area contributed by atoms with E-state index in [4.69, 9.17) is 0 Å². The van der Waals surface area contributed by atoms with Crippen LogP contribution < -0.4 is 10.6 Å². The van der Waals surface area contributed by atoms with Gasteiger partial charge in [-0.05, 0) is 30.7 Å². The lowest BCUT2D eigenvalue weighted by Gasteiger charge is -2.12. The third-order valence-electron chi connectivity index (χ3n) is 2.68. The molecule has 0 aliphatic rings. The number of nitrogens with one attached hydrogen (secondary N) is 2. The molecule has 7 nitrogen and oxygen atoms in total. The van der Waals surface area contributed by atoms with E-state index in [2.05, 4.69) is 20.1 Å². The quantitative estimate of drug-likeness (QED) is 0.634. The van der Waals surface area contributed by atoms with Crippen LogP contribution in [0.15, 0.2) is 30.0 Å². The number of esters is 2. The molecule has 118 valence electrons. The van der Waals surface area contributed by atoms with Crippen molar-refractivity contribution >= 4 is 29.2 Å². The Morgan fingerprint density at radius 1 is 1.09 bits per heavy atom. The lowest BCUT2D eigenvalue weighted by atomic mass is 10.1. The van der Waals surface area contributed by atoms with Crippen LogP contribution in [0.3, 0.4) is 0 Å². The summed E-state index contributed by atoms with van der Waals surface area (Å²) in [7, 11) is 2.42. The molecule has 0 heterocycles. The van der Waals surface area contributed by atoms with Crippen LogP contribution in [0.4, 0.5) is 11.4 Å². The van der Waals surface area contributed by atoms with Gasteiger partial charge in [0, 0.05) is 18.3 Å². The molecule has 0 spiro atoms. The van der Waals surface area contributed by atoms with Crippen molar-refractivity contribution in [2.75, 3.05) is 24.9 Å². The van der Waals surface area contributed by atoms with Crippen molar-refractivity contribution < 1.29 is 23.9 Å². The maximum Gasteiger partial charge on any atom is 0.354 e. The number of hydrogen-bond acceptors (Lipinski definition) is 6. The summed E-state index contributed by atoms with van der Waals surface area (Å²) in [4.78, 5) is 34.0. The van der Waals surface area contributed by atoms with Crippen molar-refractivity contribution in [2.45, 2.75) is 13.8 Å². The van der Waals surface area contributed by atoms with Crippen molar-refractivity contribution in [3.05, 3.63) is 35.5 Å². The highest BCUT2D eigenvalue weighted by atomic mass is 16.5. The second-order valence-corrected chi connectivity index (χ2v) is 4.41. The fraction of sp³-hybridized carbons (Fsp3) is 0.267. The molecule has 0 aromatic heterocycles. The van der Waals surface area contributed by atoms with E-state index in [1.54, 1.807) is 25.1 Å². The van der Waals surface area contributed by atoms with Gasteiger partial charge in [-0.25, -0.2) is 9.59 Å². The topological polar surface area (TPSA) is 93.7 Å². The largest absolute Gasteiger partial charge is 0.466 e. The highest BCUT2D eigenvalue weighted by Gasteiger charge is 2.13. The molecule has 1 rings (SSSR count). The first-order chi connectivity index (χ1) is 10.4. The molecule has 0 unspecified atom stereocenters. The van der Waals surface area contributed by atoms with Crippen LogP contribution in [-0.4, -0.2) is 32.1 Å². The zero-order chi connectivity index (χ0) is 16.7. The number of ether oxygens (including phenoxy) is 2. The minimum absolute atomic E-state index is 0.0546. The monoisotopic (exact) mass is 306 g/mol. The highest BCUT2D eigenvalue weighted by molar-refractivity contribution is 5.98. The normalized spacial score (nSPS) is 10.6. The van der Waals surface area contributed by atoms with Gasteiger partial charge in [0.15, 0.2) is 0 Å². The summed E-state index contributed by atoms with van der Waals surface area (Å²) < 4.78 is 9.09. The van der Waals surface area contributed by atoms with Crippen LogP contribution in [0.1, 0.15) is 12.5 Å². The molecule has 1 aromatic carbocycles. The average molecular weight is 306 g/mol. The lowest BCUT2D eigenvalue weighted by Crippen LogP contribution is -2.15. The molecule has 0 bridgehead atoms. The number of rotatable bonds is 5. The maximum atomic E-state index is 11.6. The maximum absolute atomic E-state index is 11.6. The molecule has 0 saturated heterocycles. The van der Waals surface area contributed by atoms with Crippen molar-refractivity contribution in [3.63, 3.8) is 0 Å². The van der Waals surface area contributed by atoms with E-state index in [0.29, 0.717) is 11.4 Å². The predicted octanol–water partition coefficient (Wildman–Crippen LogP) is 1.60. The minimum Gasteiger partial charge on any atom is -0.466 e. The van der Waals surface area contributed by atoms with Gasteiger partial charge in [0.1, 0.15) is 5.70 Å². The Labute approximate surface area is 128 Å². The fourth-order valence-corrected chi connectivity index (χ4v) is 1.66. The number of aryl methyl sites for hydroxylation is 1. The second kappa shape index (κ2) is 7.82. The van der Waals surface area contributed by atoms with Crippen LogP contribution in [-0.2, 0) is 23.9 Å². The molecule has 0 fully saturated rings. The number of hydrogen-bond donors (Lipinski definition) is 2. The first-order valence-corrected chi connectivity index (χ1v) is 6.40. The predicted molar refractivity (Wildman–Crippen MR) is 81.2 cm³/mol. The van der Waals surface area contributed by atoms with E-state index in [-0.39, 0.29) is 11.6 Å². The Balaban J connectivity index is 3.01. The Kier molecular flexibility index (Phi) is 6.12. The number of anilines is 2. The molecule has 1 amide bonds. The standard InChI is InChI=1S/C15H18N2O5/c1-9-7-11(5-6-12(9)16-10(2)18)17-13(15(20)22-4)8-14(19)21-3/h5-8,17H,1-4H3,(H,16,18)/b13-8+. The summed E-state index contributed by atoms with van der Waals surface area (Å²) >= 11 is 0. The number of benzene rings is 1. The lowest BCUT2D eigenvalue weighted by molar-refractivity contribution is -0.138. The fourth-order valence-electron chi connectivity index (χ4n) is 1.66. The van der Waals surface area contributed by atoms with Crippen LogP contribution in [0, 0.1) is 6.92 Å². The van der Waals surface area contributed by atoms with Gasteiger partial charge < -0.3 is 20.1 Å². The summed E-state index contributed by atoms with van der Waals surface area (Å²) in [6.45, 7) is 3.22. The van der Waals surface area contributed by atoms with E-state index < -0.39 is 11.9 Å². The Bertz CT molecular complexity index is 622. The van der Waals surface area contributed by atoms with Crippen LogP contribution in [0.25, 0.3) is 0 Å². The summed E-state index contributed by atoms with van der Waals surface area (Å²) in [5.41, 5.74) is 1.96. The Morgan fingerprint density at radius 2 is 1.77 bits per heavy atom.